The summed E-state index contributed by atoms with van der Waals surface area (Å²) in [5.41, 5.74) is 1.01. The Morgan fingerprint density at radius 3 is 2.68 bits per heavy atom. The van der Waals surface area contributed by atoms with Gasteiger partial charge in [0.25, 0.3) is 5.69 Å². The van der Waals surface area contributed by atoms with Gasteiger partial charge in [0.15, 0.2) is 0 Å². The molecular weight excluding hydrogens is 312 g/mol. The lowest BCUT2D eigenvalue weighted by Crippen LogP contribution is -2.57. The van der Waals surface area contributed by atoms with Crippen molar-refractivity contribution in [3.05, 3.63) is 32.8 Å². The van der Waals surface area contributed by atoms with E-state index >= 15 is 0 Å². The smallest absolute Gasteiger partial charge is 0.270 e. The highest BCUT2D eigenvalue weighted by Crippen LogP contribution is 2.44. The van der Waals surface area contributed by atoms with Crippen LogP contribution in [0.5, 0.6) is 0 Å². The molecule has 1 aliphatic rings. The molecule has 0 radical (unpaired) electrons. The molecule has 0 saturated heterocycles. The Hall–Kier alpha value is -1.14. The molecule has 104 valence electrons. The number of nitro groups is 1. The summed E-state index contributed by atoms with van der Waals surface area (Å²) < 4.78 is 6.12. The second-order valence-electron chi connectivity index (χ2n) is 5.40. The summed E-state index contributed by atoms with van der Waals surface area (Å²) in [4.78, 5) is 10.3. The van der Waals surface area contributed by atoms with E-state index in [1.165, 1.54) is 12.1 Å². The first kappa shape index (κ1) is 14.3. The molecule has 1 aliphatic carbocycles. The molecule has 0 aliphatic heterocycles. The molecule has 1 aromatic carbocycles. The third kappa shape index (κ3) is 2.60. The van der Waals surface area contributed by atoms with Gasteiger partial charge in [-0.3, -0.25) is 10.1 Å². The number of rotatable bonds is 4. The van der Waals surface area contributed by atoms with Gasteiger partial charge in [-0.05, 0) is 28.4 Å². The van der Waals surface area contributed by atoms with Crippen LogP contribution in [0, 0.1) is 15.5 Å². The Morgan fingerprint density at radius 1 is 1.53 bits per heavy atom. The monoisotopic (exact) mass is 328 g/mol. The summed E-state index contributed by atoms with van der Waals surface area (Å²) in [6.45, 7) is 4.31. The molecule has 1 aromatic rings. The quantitative estimate of drug-likeness (QED) is 0.677. The standard InChI is InChI=1S/C13H17BrN2O3/c1-13(2)11(7-12(13)19-3)15-10-5-4-8(16(17)18)6-9(10)14/h4-6,11-12,15H,7H2,1-3H3. The van der Waals surface area contributed by atoms with Crippen LogP contribution in [0.2, 0.25) is 0 Å². The average Bonchev–Trinajstić information content (AvgIpc) is 2.35. The van der Waals surface area contributed by atoms with Crippen LogP contribution in [0.4, 0.5) is 11.4 Å². The summed E-state index contributed by atoms with van der Waals surface area (Å²) in [5, 5.41) is 14.1. The van der Waals surface area contributed by atoms with Crippen LogP contribution >= 0.6 is 15.9 Å². The van der Waals surface area contributed by atoms with E-state index in [1.807, 2.05) is 0 Å². The number of nitrogens with one attached hydrogen (secondary N) is 1. The first-order valence-electron chi connectivity index (χ1n) is 6.09. The van der Waals surface area contributed by atoms with E-state index in [9.17, 15) is 10.1 Å². The molecule has 5 nitrogen and oxygen atoms in total. The van der Waals surface area contributed by atoms with Crippen molar-refractivity contribution in [2.45, 2.75) is 32.4 Å². The van der Waals surface area contributed by atoms with E-state index in [0.717, 1.165) is 12.1 Å². The van der Waals surface area contributed by atoms with E-state index < -0.39 is 4.92 Å². The van der Waals surface area contributed by atoms with Crippen molar-refractivity contribution in [3.63, 3.8) is 0 Å². The maximum atomic E-state index is 10.7. The predicted octanol–water partition coefficient (Wildman–Crippen LogP) is 3.58. The molecule has 0 heterocycles. The number of hydrogen-bond acceptors (Lipinski definition) is 4. The van der Waals surface area contributed by atoms with Gasteiger partial charge in [0.1, 0.15) is 0 Å². The molecular formula is C13H17BrN2O3. The fourth-order valence-electron chi connectivity index (χ4n) is 2.45. The number of halogens is 1. The lowest BCUT2D eigenvalue weighted by atomic mass is 9.64. The van der Waals surface area contributed by atoms with Crippen LogP contribution in [-0.4, -0.2) is 24.2 Å². The van der Waals surface area contributed by atoms with Gasteiger partial charge >= 0.3 is 0 Å². The molecule has 1 saturated carbocycles. The number of nitrogens with zero attached hydrogens (tertiary/aromatic N) is 1. The van der Waals surface area contributed by atoms with E-state index in [2.05, 4.69) is 35.1 Å². The van der Waals surface area contributed by atoms with E-state index in [-0.39, 0.29) is 17.2 Å². The molecule has 0 aromatic heterocycles. The average molecular weight is 329 g/mol. The van der Waals surface area contributed by atoms with Gasteiger partial charge in [-0.1, -0.05) is 13.8 Å². The van der Waals surface area contributed by atoms with Crippen molar-refractivity contribution in [1.29, 1.82) is 0 Å². The van der Waals surface area contributed by atoms with Gasteiger partial charge in [0, 0.05) is 40.9 Å². The molecule has 6 heteroatoms. The second-order valence-corrected chi connectivity index (χ2v) is 6.25. The summed E-state index contributed by atoms with van der Waals surface area (Å²) in [6.07, 6.45) is 1.19. The maximum Gasteiger partial charge on any atom is 0.270 e. The fraction of sp³-hybridized carbons (Fsp3) is 0.538. The fourth-order valence-corrected chi connectivity index (χ4v) is 2.93. The van der Waals surface area contributed by atoms with Crippen molar-refractivity contribution in [3.8, 4) is 0 Å². The van der Waals surface area contributed by atoms with E-state index in [0.29, 0.717) is 10.5 Å². The third-order valence-electron chi connectivity index (χ3n) is 3.96. The molecule has 0 spiro atoms. The molecule has 0 bridgehead atoms. The third-order valence-corrected chi connectivity index (χ3v) is 4.61. The van der Waals surface area contributed by atoms with Crippen LogP contribution in [0.15, 0.2) is 22.7 Å². The van der Waals surface area contributed by atoms with Gasteiger partial charge in [-0.15, -0.1) is 0 Å². The predicted molar refractivity (Wildman–Crippen MR) is 77.4 cm³/mol. The first-order chi connectivity index (χ1) is 8.86. The van der Waals surface area contributed by atoms with E-state index in [1.54, 1.807) is 13.2 Å². The number of nitro benzene ring substituents is 1. The number of benzene rings is 1. The number of methoxy groups -OCH3 is 1. The molecule has 1 N–H and O–H groups in total. The molecule has 2 rings (SSSR count). The normalized spacial score (nSPS) is 24.6. The van der Waals surface area contributed by atoms with Crippen LogP contribution < -0.4 is 5.32 Å². The van der Waals surface area contributed by atoms with Crippen LogP contribution in [0.3, 0.4) is 0 Å². The molecule has 19 heavy (non-hydrogen) atoms. The van der Waals surface area contributed by atoms with Gasteiger partial charge in [0.05, 0.1) is 11.0 Å². The molecule has 1 fully saturated rings. The summed E-state index contributed by atoms with van der Waals surface area (Å²) >= 11 is 3.37. The lowest BCUT2D eigenvalue weighted by molar-refractivity contribution is -0.384. The van der Waals surface area contributed by atoms with Gasteiger partial charge in [-0.25, -0.2) is 0 Å². The number of non-ortho nitro benzene ring substituents is 1. The minimum absolute atomic E-state index is 0.0516. The largest absolute Gasteiger partial charge is 0.381 e. The van der Waals surface area contributed by atoms with Crippen LogP contribution in [-0.2, 0) is 4.74 Å². The topological polar surface area (TPSA) is 64.4 Å². The highest BCUT2D eigenvalue weighted by atomic mass is 79.9. The van der Waals surface area contributed by atoms with E-state index in [4.69, 9.17) is 4.74 Å². The molecule has 2 unspecified atom stereocenters. The Labute approximate surface area is 120 Å². The Bertz CT molecular complexity index is 505. The van der Waals surface area contributed by atoms with Crippen molar-refractivity contribution in [1.82, 2.24) is 0 Å². The number of ether oxygens (including phenoxy) is 1. The molecule has 2 atom stereocenters. The number of hydrogen-bond donors (Lipinski definition) is 1. The Balaban J connectivity index is 2.11. The van der Waals surface area contributed by atoms with Crippen LogP contribution in [0.25, 0.3) is 0 Å². The van der Waals surface area contributed by atoms with Crippen LogP contribution in [0.1, 0.15) is 20.3 Å². The van der Waals surface area contributed by atoms with Gasteiger partial charge in [0.2, 0.25) is 0 Å². The SMILES string of the molecule is COC1CC(Nc2ccc([N+](=O)[O-])cc2Br)C1(C)C. The minimum atomic E-state index is -0.400. The van der Waals surface area contributed by atoms with Gasteiger partial charge in [-0.2, -0.15) is 0 Å². The van der Waals surface area contributed by atoms with Crippen molar-refractivity contribution >= 4 is 27.3 Å². The summed E-state index contributed by atoms with van der Waals surface area (Å²) in [7, 11) is 1.73. The highest BCUT2D eigenvalue weighted by Gasteiger charge is 2.48. The Kier molecular flexibility index (Phi) is 3.82. The van der Waals surface area contributed by atoms with Crippen molar-refractivity contribution < 1.29 is 9.66 Å². The first-order valence-corrected chi connectivity index (χ1v) is 6.89. The Morgan fingerprint density at radius 2 is 2.21 bits per heavy atom. The lowest BCUT2D eigenvalue weighted by Gasteiger charge is -2.51. The summed E-state index contributed by atoms with van der Waals surface area (Å²) in [5.74, 6) is 0. The number of anilines is 1. The zero-order valence-electron chi connectivity index (χ0n) is 11.1. The zero-order valence-corrected chi connectivity index (χ0v) is 12.7. The minimum Gasteiger partial charge on any atom is -0.381 e. The second kappa shape index (κ2) is 5.09. The van der Waals surface area contributed by atoms with Gasteiger partial charge < -0.3 is 10.1 Å². The summed E-state index contributed by atoms with van der Waals surface area (Å²) in [6, 6.07) is 5.06. The maximum absolute atomic E-state index is 10.7. The van der Waals surface area contributed by atoms with Crippen molar-refractivity contribution in [2.24, 2.45) is 5.41 Å². The van der Waals surface area contributed by atoms with Crippen molar-refractivity contribution in [2.75, 3.05) is 12.4 Å². The molecule has 0 amide bonds. The highest BCUT2D eigenvalue weighted by molar-refractivity contribution is 9.10. The zero-order chi connectivity index (χ0) is 14.2.